The zero-order valence-corrected chi connectivity index (χ0v) is 17.8. The highest BCUT2D eigenvalue weighted by Crippen LogP contribution is 2.33. The number of terminal acetylenes is 1. The first-order valence-corrected chi connectivity index (χ1v) is 10.0. The number of nitrogens with two attached hydrogens (primary N) is 1. The maximum Gasteiger partial charge on any atom is 0.276 e. The van der Waals surface area contributed by atoms with Crippen molar-refractivity contribution in [1.29, 1.82) is 0 Å². The minimum absolute atomic E-state index is 0.0180. The maximum atomic E-state index is 11.4. The van der Waals surface area contributed by atoms with Crippen LogP contribution in [-0.4, -0.2) is 58.2 Å². The first-order chi connectivity index (χ1) is 16.0. The van der Waals surface area contributed by atoms with Crippen LogP contribution in [0.1, 0.15) is 30.3 Å². The molecular formula is C21H24N6O6. The Morgan fingerprint density at radius 1 is 1.52 bits per heavy atom. The maximum absolute atomic E-state index is 11.4. The molecule has 2 aromatic rings. The highest BCUT2D eigenvalue weighted by atomic mass is 16.6. The van der Waals surface area contributed by atoms with Gasteiger partial charge in [0, 0.05) is 6.07 Å². The van der Waals surface area contributed by atoms with Crippen molar-refractivity contribution in [3.63, 3.8) is 0 Å². The molecule has 0 bridgehead atoms. The van der Waals surface area contributed by atoms with Crippen molar-refractivity contribution in [3.8, 4) is 18.1 Å². The molecule has 2 unspecified atom stereocenters. The lowest BCUT2D eigenvalue weighted by Crippen LogP contribution is -2.14. The van der Waals surface area contributed by atoms with Gasteiger partial charge in [0.25, 0.3) is 5.69 Å². The molecule has 1 saturated heterocycles. The smallest absolute Gasteiger partial charge is 0.276 e. The number of benzene rings is 1. The minimum atomic E-state index is -0.524. The summed E-state index contributed by atoms with van der Waals surface area (Å²) in [5.41, 5.74) is 5.95. The highest BCUT2D eigenvalue weighted by molar-refractivity contribution is 5.96. The van der Waals surface area contributed by atoms with E-state index in [1.807, 2.05) is 0 Å². The summed E-state index contributed by atoms with van der Waals surface area (Å²) in [5, 5.41) is 20.8. The minimum Gasteiger partial charge on any atom is -0.481 e. The van der Waals surface area contributed by atoms with E-state index in [9.17, 15) is 15.2 Å². The molecule has 1 fully saturated rings. The quantitative estimate of drug-likeness (QED) is 0.180. The number of hydrogen-bond acceptors (Lipinski definition) is 10. The standard InChI is InChI=1S/C21H24N6O6/c1-3-8-31-15-4-6-17(27(29)30)14(9-15)11-32-21(24-12-22)19-20(23-2)26(13-25-19)18-7-5-16(10-28)33-18/h1,4,6,9,13,16,18,28H,2,5,7-8,10-12,22H2/b24-21+. The zero-order valence-electron chi connectivity index (χ0n) is 17.8. The molecule has 2 atom stereocenters. The number of aliphatic hydroxyl groups excluding tert-OH is 1. The predicted octanol–water partition coefficient (Wildman–Crippen LogP) is 1.68. The number of aliphatic hydroxyl groups is 1. The average molecular weight is 456 g/mol. The van der Waals surface area contributed by atoms with E-state index in [-0.39, 0.29) is 61.7 Å². The van der Waals surface area contributed by atoms with E-state index >= 15 is 0 Å². The van der Waals surface area contributed by atoms with Gasteiger partial charge in [0.1, 0.15) is 25.2 Å². The number of nitro groups is 1. The summed E-state index contributed by atoms with van der Waals surface area (Å²) in [6, 6.07) is 4.24. The van der Waals surface area contributed by atoms with Gasteiger partial charge in [-0.2, -0.15) is 0 Å². The van der Waals surface area contributed by atoms with Gasteiger partial charge >= 0.3 is 0 Å². The molecule has 174 valence electrons. The fraction of sp³-hybridized carbons (Fsp3) is 0.381. The number of imidazole rings is 1. The van der Waals surface area contributed by atoms with E-state index in [1.54, 1.807) is 4.57 Å². The second-order valence-electron chi connectivity index (χ2n) is 6.93. The summed E-state index contributed by atoms with van der Waals surface area (Å²) in [5.74, 6) is 3.08. The van der Waals surface area contributed by atoms with Crippen molar-refractivity contribution in [2.45, 2.75) is 31.8 Å². The van der Waals surface area contributed by atoms with Gasteiger partial charge < -0.3 is 25.1 Å². The Labute approximate surface area is 189 Å². The number of hydrogen-bond donors (Lipinski definition) is 2. The average Bonchev–Trinajstić information content (AvgIpc) is 3.46. The lowest BCUT2D eigenvalue weighted by atomic mass is 10.2. The van der Waals surface area contributed by atoms with Crippen LogP contribution in [0.25, 0.3) is 0 Å². The number of aromatic nitrogens is 2. The summed E-state index contributed by atoms with van der Waals surface area (Å²) in [7, 11) is 0. The largest absolute Gasteiger partial charge is 0.481 e. The lowest BCUT2D eigenvalue weighted by Gasteiger charge is -2.15. The van der Waals surface area contributed by atoms with Crippen molar-refractivity contribution in [3.05, 3.63) is 45.9 Å². The van der Waals surface area contributed by atoms with E-state index in [1.165, 1.54) is 24.5 Å². The van der Waals surface area contributed by atoms with Crippen LogP contribution >= 0.6 is 0 Å². The molecule has 1 aliphatic rings. The normalized spacial score (nSPS) is 18.0. The SMILES string of the molecule is C#CCOc1ccc([N+](=O)[O-])c(CO/C(=N/CN)c2ncn(C3CCC(CO)O3)c2N=C)c1. The van der Waals surface area contributed by atoms with Crippen LogP contribution < -0.4 is 10.5 Å². The van der Waals surface area contributed by atoms with E-state index in [2.05, 4.69) is 27.6 Å². The summed E-state index contributed by atoms with van der Waals surface area (Å²) >= 11 is 0. The predicted molar refractivity (Wildman–Crippen MR) is 119 cm³/mol. The molecule has 1 aromatic carbocycles. The third kappa shape index (κ3) is 5.53. The molecular weight excluding hydrogens is 432 g/mol. The fourth-order valence-corrected chi connectivity index (χ4v) is 3.39. The van der Waals surface area contributed by atoms with Gasteiger partial charge in [-0.15, -0.1) is 6.42 Å². The molecule has 0 spiro atoms. The van der Waals surface area contributed by atoms with Crippen LogP contribution in [0.5, 0.6) is 5.75 Å². The Bertz CT molecular complexity index is 1080. The second-order valence-corrected chi connectivity index (χ2v) is 6.93. The van der Waals surface area contributed by atoms with E-state index in [0.717, 1.165) is 0 Å². The number of aliphatic imine (C=N–C) groups is 2. The number of rotatable bonds is 10. The van der Waals surface area contributed by atoms with Crippen molar-refractivity contribution in [2.24, 2.45) is 15.7 Å². The molecule has 2 heterocycles. The Hall–Kier alpha value is -3.79. The van der Waals surface area contributed by atoms with Gasteiger partial charge in [-0.05, 0) is 31.7 Å². The molecule has 0 radical (unpaired) electrons. The van der Waals surface area contributed by atoms with E-state index in [4.69, 9.17) is 26.4 Å². The molecule has 0 saturated carbocycles. The first kappa shape index (κ1) is 23.9. The molecule has 0 amide bonds. The Kier molecular flexibility index (Phi) is 8.09. The Balaban J connectivity index is 1.86. The molecule has 33 heavy (non-hydrogen) atoms. The molecule has 3 rings (SSSR count). The van der Waals surface area contributed by atoms with Crippen LogP contribution in [0.2, 0.25) is 0 Å². The van der Waals surface area contributed by atoms with Gasteiger partial charge in [0.2, 0.25) is 5.90 Å². The summed E-state index contributed by atoms with van der Waals surface area (Å²) in [4.78, 5) is 23.4. The third-order valence-electron chi connectivity index (χ3n) is 4.89. The molecule has 3 N–H and O–H groups in total. The van der Waals surface area contributed by atoms with Crippen molar-refractivity contribution < 1.29 is 24.2 Å². The van der Waals surface area contributed by atoms with Gasteiger partial charge in [-0.1, -0.05) is 5.92 Å². The van der Waals surface area contributed by atoms with E-state index < -0.39 is 4.92 Å². The number of nitrogens with zero attached hydrogens (tertiary/aromatic N) is 5. The van der Waals surface area contributed by atoms with Crippen molar-refractivity contribution >= 4 is 24.1 Å². The van der Waals surface area contributed by atoms with E-state index in [0.29, 0.717) is 24.4 Å². The van der Waals surface area contributed by atoms with Gasteiger partial charge in [-0.25, -0.2) is 15.0 Å². The van der Waals surface area contributed by atoms with Crippen LogP contribution in [0, 0.1) is 22.5 Å². The van der Waals surface area contributed by atoms with Crippen molar-refractivity contribution in [2.75, 3.05) is 19.9 Å². The summed E-state index contributed by atoms with van der Waals surface area (Å²) in [6.07, 6.45) is 7.41. The Morgan fingerprint density at radius 2 is 2.33 bits per heavy atom. The molecule has 12 nitrogen and oxygen atoms in total. The fourth-order valence-electron chi connectivity index (χ4n) is 3.39. The summed E-state index contributed by atoms with van der Waals surface area (Å²) in [6.45, 7) is 3.21. The summed E-state index contributed by atoms with van der Waals surface area (Å²) < 4.78 is 18.6. The molecule has 1 aromatic heterocycles. The lowest BCUT2D eigenvalue weighted by molar-refractivity contribution is -0.385. The van der Waals surface area contributed by atoms with Crippen LogP contribution in [0.4, 0.5) is 11.5 Å². The second kappa shape index (κ2) is 11.2. The third-order valence-corrected chi connectivity index (χ3v) is 4.89. The van der Waals surface area contributed by atoms with Crippen LogP contribution in [0.15, 0.2) is 34.5 Å². The number of ether oxygens (including phenoxy) is 3. The molecule has 12 heteroatoms. The zero-order chi connectivity index (χ0) is 23.8. The Morgan fingerprint density at radius 3 is 2.97 bits per heavy atom. The topological polar surface area (TPSA) is 160 Å². The van der Waals surface area contributed by atoms with Gasteiger partial charge in [0.15, 0.2) is 11.5 Å². The first-order valence-electron chi connectivity index (χ1n) is 10.0. The van der Waals surface area contributed by atoms with Crippen LogP contribution in [-0.2, 0) is 16.1 Å². The molecule has 0 aliphatic carbocycles. The van der Waals surface area contributed by atoms with Gasteiger partial charge in [0.05, 0.1) is 36.2 Å². The van der Waals surface area contributed by atoms with Crippen molar-refractivity contribution in [1.82, 2.24) is 9.55 Å². The van der Waals surface area contributed by atoms with Gasteiger partial charge in [-0.3, -0.25) is 14.7 Å². The monoisotopic (exact) mass is 456 g/mol. The number of nitro benzene ring substituents is 1. The highest BCUT2D eigenvalue weighted by Gasteiger charge is 2.29. The molecule has 1 aliphatic heterocycles. The van der Waals surface area contributed by atoms with Crippen LogP contribution in [0.3, 0.4) is 0 Å².